The van der Waals surface area contributed by atoms with E-state index in [0.29, 0.717) is 6.42 Å². The van der Waals surface area contributed by atoms with Crippen molar-refractivity contribution in [3.05, 3.63) is 30.3 Å². The van der Waals surface area contributed by atoms with Crippen LogP contribution >= 0.6 is 0 Å². The van der Waals surface area contributed by atoms with Crippen LogP contribution in [0.25, 0.3) is 11.0 Å². The van der Waals surface area contributed by atoms with Gasteiger partial charge in [0.25, 0.3) is 5.95 Å². The number of carbonyl (C=O) groups excluding carboxylic acids is 1. The highest BCUT2D eigenvalue weighted by Crippen LogP contribution is 2.24. The van der Waals surface area contributed by atoms with Gasteiger partial charge < -0.3 is 9.15 Å². The molecule has 3 nitrogen and oxygen atoms in total. The Morgan fingerprint density at radius 3 is 2.93 bits per heavy atom. The molecule has 0 aliphatic carbocycles. The number of hydrogen-bond donors (Lipinski definition) is 0. The van der Waals surface area contributed by atoms with Crippen LogP contribution in [0.3, 0.4) is 0 Å². The number of para-hydroxylation sites is 1. The molecule has 0 radical (unpaired) electrons. The number of benzene rings is 1. The van der Waals surface area contributed by atoms with E-state index >= 15 is 0 Å². The van der Waals surface area contributed by atoms with Gasteiger partial charge >= 0.3 is 5.97 Å². The first-order chi connectivity index (χ1) is 6.79. The Kier molecular flexibility index (Phi) is 2.23. The summed E-state index contributed by atoms with van der Waals surface area (Å²) in [7, 11) is 0. The van der Waals surface area contributed by atoms with Crippen molar-refractivity contribution in [1.29, 1.82) is 0 Å². The van der Waals surface area contributed by atoms with Crippen LogP contribution in [0.2, 0.25) is 0 Å². The molecule has 0 aliphatic rings. The average molecular weight is 190 g/mol. The van der Waals surface area contributed by atoms with Gasteiger partial charge in [0.15, 0.2) is 0 Å². The third kappa shape index (κ3) is 1.62. The summed E-state index contributed by atoms with van der Waals surface area (Å²) in [6, 6.07) is 9.23. The number of rotatable bonds is 2. The number of fused-ring (bicyclic) bond motifs is 1. The second kappa shape index (κ2) is 3.54. The van der Waals surface area contributed by atoms with Crippen LogP contribution in [0.15, 0.2) is 34.7 Å². The van der Waals surface area contributed by atoms with Gasteiger partial charge in [-0.25, -0.2) is 0 Å². The first-order valence-electron chi connectivity index (χ1n) is 4.49. The molecule has 0 bridgehead atoms. The lowest BCUT2D eigenvalue weighted by atomic mass is 10.3. The van der Waals surface area contributed by atoms with E-state index in [4.69, 9.17) is 9.15 Å². The van der Waals surface area contributed by atoms with Crippen molar-refractivity contribution in [3.8, 4) is 5.95 Å². The van der Waals surface area contributed by atoms with E-state index in [9.17, 15) is 4.79 Å². The van der Waals surface area contributed by atoms with E-state index in [1.807, 2.05) is 24.3 Å². The van der Waals surface area contributed by atoms with E-state index < -0.39 is 0 Å². The maximum Gasteiger partial charge on any atom is 0.313 e. The lowest BCUT2D eigenvalue weighted by molar-refractivity contribution is -0.135. The molecule has 3 heteroatoms. The van der Waals surface area contributed by atoms with Crippen LogP contribution in [0, 0.1) is 0 Å². The summed E-state index contributed by atoms with van der Waals surface area (Å²) in [4.78, 5) is 11.0. The molecule has 0 saturated carbocycles. The van der Waals surface area contributed by atoms with Crippen LogP contribution < -0.4 is 4.74 Å². The summed E-state index contributed by atoms with van der Waals surface area (Å²) < 4.78 is 10.2. The molecule has 0 fully saturated rings. The molecule has 2 rings (SSSR count). The zero-order valence-electron chi connectivity index (χ0n) is 7.82. The molecule has 1 heterocycles. The Morgan fingerprint density at radius 2 is 2.21 bits per heavy atom. The first-order valence-corrected chi connectivity index (χ1v) is 4.49. The molecular formula is C11H10O3. The summed E-state index contributed by atoms with van der Waals surface area (Å²) in [5.41, 5.74) is 0.728. The van der Waals surface area contributed by atoms with Crippen LogP contribution in [-0.4, -0.2) is 5.97 Å². The van der Waals surface area contributed by atoms with Gasteiger partial charge in [0.1, 0.15) is 5.58 Å². The topological polar surface area (TPSA) is 39.4 Å². The van der Waals surface area contributed by atoms with Crippen molar-refractivity contribution in [2.45, 2.75) is 13.3 Å². The van der Waals surface area contributed by atoms with Gasteiger partial charge in [0.2, 0.25) is 0 Å². The minimum Gasteiger partial charge on any atom is -0.425 e. The maximum atomic E-state index is 11.0. The first kappa shape index (κ1) is 8.81. The van der Waals surface area contributed by atoms with Gasteiger partial charge in [-0.1, -0.05) is 25.1 Å². The monoisotopic (exact) mass is 190 g/mol. The number of carbonyl (C=O) groups is 1. The molecule has 0 unspecified atom stereocenters. The third-order valence-corrected chi connectivity index (χ3v) is 1.91. The fourth-order valence-corrected chi connectivity index (χ4v) is 1.19. The van der Waals surface area contributed by atoms with Gasteiger partial charge in [0, 0.05) is 17.9 Å². The van der Waals surface area contributed by atoms with Gasteiger partial charge in [-0.3, -0.25) is 4.79 Å². The molecule has 72 valence electrons. The second-order valence-electron chi connectivity index (χ2n) is 2.93. The fraction of sp³-hybridized carbons (Fsp3) is 0.182. The van der Waals surface area contributed by atoms with Crippen molar-refractivity contribution in [1.82, 2.24) is 0 Å². The highest BCUT2D eigenvalue weighted by molar-refractivity contribution is 5.80. The molecule has 0 amide bonds. The molecule has 0 N–H and O–H groups in total. The zero-order valence-corrected chi connectivity index (χ0v) is 7.82. The van der Waals surface area contributed by atoms with Crippen molar-refractivity contribution in [3.63, 3.8) is 0 Å². The summed E-state index contributed by atoms with van der Waals surface area (Å²) in [6.45, 7) is 1.74. The Balaban J connectivity index is 2.31. The lowest BCUT2D eigenvalue weighted by Crippen LogP contribution is -2.04. The highest BCUT2D eigenvalue weighted by atomic mass is 16.6. The second-order valence-corrected chi connectivity index (χ2v) is 2.93. The molecule has 14 heavy (non-hydrogen) atoms. The fourth-order valence-electron chi connectivity index (χ4n) is 1.19. The molecule has 0 spiro atoms. The van der Waals surface area contributed by atoms with Crippen LogP contribution in [0.4, 0.5) is 0 Å². The van der Waals surface area contributed by atoms with Gasteiger partial charge in [-0.15, -0.1) is 0 Å². The lowest BCUT2D eigenvalue weighted by Gasteiger charge is -1.94. The summed E-state index contributed by atoms with van der Waals surface area (Å²) >= 11 is 0. The van der Waals surface area contributed by atoms with E-state index in [-0.39, 0.29) is 11.9 Å². The molecule has 1 aromatic heterocycles. The van der Waals surface area contributed by atoms with Crippen molar-refractivity contribution < 1.29 is 13.9 Å². The normalized spacial score (nSPS) is 10.4. The van der Waals surface area contributed by atoms with Crippen LogP contribution in [0.5, 0.6) is 5.95 Å². The van der Waals surface area contributed by atoms with E-state index in [0.717, 1.165) is 11.0 Å². The minimum atomic E-state index is -0.288. The van der Waals surface area contributed by atoms with Gasteiger partial charge in [-0.05, 0) is 6.07 Å². The molecular weight excluding hydrogens is 180 g/mol. The quantitative estimate of drug-likeness (QED) is 0.683. The number of esters is 1. The number of hydrogen-bond acceptors (Lipinski definition) is 3. The largest absolute Gasteiger partial charge is 0.425 e. The van der Waals surface area contributed by atoms with Gasteiger partial charge in [0.05, 0.1) is 0 Å². The predicted molar refractivity (Wildman–Crippen MR) is 52.1 cm³/mol. The van der Waals surface area contributed by atoms with E-state index in [1.165, 1.54) is 0 Å². The Labute approximate surface area is 81.3 Å². The maximum absolute atomic E-state index is 11.0. The molecule has 0 aliphatic heterocycles. The van der Waals surface area contributed by atoms with Crippen molar-refractivity contribution in [2.75, 3.05) is 0 Å². The average Bonchev–Trinajstić information content (AvgIpc) is 2.59. The van der Waals surface area contributed by atoms with Crippen molar-refractivity contribution >= 4 is 16.9 Å². The molecule has 0 atom stereocenters. The standard InChI is InChI=1S/C11H10O3/c1-2-10(12)14-11-7-8-5-3-4-6-9(8)13-11/h3-7H,2H2,1H3. The minimum absolute atomic E-state index is 0.262. The molecule has 2 aromatic rings. The Bertz CT molecular complexity index is 423. The van der Waals surface area contributed by atoms with Crippen LogP contribution in [0.1, 0.15) is 13.3 Å². The predicted octanol–water partition coefficient (Wildman–Crippen LogP) is 2.75. The zero-order chi connectivity index (χ0) is 9.97. The highest BCUT2D eigenvalue weighted by Gasteiger charge is 2.07. The number of ether oxygens (including phenoxy) is 1. The SMILES string of the molecule is CCC(=O)Oc1cc2ccccc2o1. The number of furan rings is 1. The van der Waals surface area contributed by atoms with Crippen LogP contribution in [-0.2, 0) is 4.79 Å². The summed E-state index contributed by atoms with van der Waals surface area (Å²) in [5, 5.41) is 0.936. The Hall–Kier alpha value is -1.77. The van der Waals surface area contributed by atoms with Gasteiger partial charge in [-0.2, -0.15) is 0 Å². The summed E-state index contributed by atoms with van der Waals surface area (Å²) in [6.07, 6.45) is 0.344. The Morgan fingerprint density at radius 1 is 1.43 bits per heavy atom. The third-order valence-electron chi connectivity index (χ3n) is 1.91. The molecule has 0 saturated heterocycles. The molecule has 1 aromatic carbocycles. The van der Waals surface area contributed by atoms with E-state index in [1.54, 1.807) is 13.0 Å². The van der Waals surface area contributed by atoms with Crippen molar-refractivity contribution in [2.24, 2.45) is 0 Å². The summed E-state index contributed by atoms with van der Waals surface area (Å²) in [5.74, 6) is -0.0258. The smallest absolute Gasteiger partial charge is 0.313 e. The van der Waals surface area contributed by atoms with E-state index in [2.05, 4.69) is 0 Å².